The van der Waals surface area contributed by atoms with Crippen molar-refractivity contribution in [3.8, 4) is 0 Å². The molecule has 8 heteroatoms. The minimum atomic E-state index is -3.38. The summed E-state index contributed by atoms with van der Waals surface area (Å²) in [6.45, 7) is 4.07. The number of furan rings is 1. The van der Waals surface area contributed by atoms with Gasteiger partial charge in [-0.1, -0.05) is 30.3 Å². The number of hydrogen-bond donors (Lipinski definition) is 1. The lowest BCUT2D eigenvalue weighted by Gasteiger charge is -2.22. The first kappa shape index (κ1) is 20.2. The summed E-state index contributed by atoms with van der Waals surface area (Å²) >= 11 is 0. The van der Waals surface area contributed by atoms with E-state index in [1.165, 1.54) is 6.26 Å². The maximum absolute atomic E-state index is 12.8. The summed E-state index contributed by atoms with van der Waals surface area (Å²) in [4.78, 5) is 12.2. The SMILES string of the molecule is CCOP(=O)(C[C@@H](NC(=O)OCc1ccccc1)c1ccco1)OCC. The van der Waals surface area contributed by atoms with E-state index in [1.54, 1.807) is 26.0 Å². The highest BCUT2D eigenvalue weighted by atomic mass is 31.2. The van der Waals surface area contributed by atoms with Crippen LogP contribution in [0.4, 0.5) is 4.79 Å². The summed E-state index contributed by atoms with van der Waals surface area (Å²) in [6, 6.07) is 12.0. The van der Waals surface area contributed by atoms with E-state index in [4.69, 9.17) is 18.2 Å². The Kier molecular flexibility index (Phi) is 7.91. The third-order valence-electron chi connectivity index (χ3n) is 3.45. The first-order valence-corrected chi connectivity index (χ1v) is 10.2. The first-order valence-electron chi connectivity index (χ1n) is 8.45. The molecule has 1 N–H and O–H groups in total. The van der Waals surface area contributed by atoms with Gasteiger partial charge in [-0.25, -0.2) is 4.79 Å². The van der Waals surface area contributed by atoms with Crippen LogP contribution in [0.1, 0.15) is 31.2 Å². The zero-order valence-electron chi connectivity index (χ0n) is 14.9. The Morgan fingerprint density at radius 2 is 1.81 bits per heavy atom. The summed E-state index contributed by atoms with van der Waals surface area (Å²) in [7, 11) is -3.38. The van der Waals surface area contributed by atoms with Crippen molar-refractivity contribution in [3.63, 3.8) is 0 Å². The number of ether oxygens (including phenoxy) is 1. The predicted octanol–water partition coefficient (Wildman–Crippen LogP) is 4.51. The Hall–Kier alpha value is -2.08. The van der Waals surface area contributed by atoms with Crippen molar-refractivity contribution in [2.45, 2.75) is 26.5 Å². The summed E-state index contributed by atoms with van der Waals surface area (Å²) in [5, 5.41) is 2.68. The average Bonchev–Trinajstić information content (AvgIpc) is 3.15. The molecule has 0 saturated heterocycles. The van der Waals surface area contributed by atoms with Crippen molar-refractivity contribution < 1.29 is 27.6 Å². The van der Waals surface area contributed by atoms with Gasteiger partial charge in [0.25, 0.3) is 0 Å². The molecule has 1 atom stereocenters. The molecular formula is C18H24NO6P. The molecule has 0 unspecified atom stereocenters. The molecular weight excluding hydrogens is 357 g/mol. The van der Waals surface area contributed by atoms with Gasteiger partial charge in [0.1, 0.15) is 18.4 Å². The quantitative estimate of drug-likeness (QED) is 0.609. The van der Waals surface area contributed by atoms with E-state index in [2.05, 4.69) is 5.32 Å². The number of carbonyl (C=O) groups is 1. The third kappa shape index (κ3) is 6.33. The lowest BCUT2D eigenvalue weighted by Crippen LogP contribution is -2.31. The number of nitrogens with one attached hydrogen (secondary N) is 1. The Balaban J connectivity index is 2.03. The van der Waals surface area contributed by atoms with Crippen molar-refractivity contribution in [3.05, 3.63) is 60.1 Å². The van der Waals surface area contributed by atoms with Gasteiger partial charge in [0, 0.05) is 0 Å². The molecule has 1 heterocycles. The Morgan fingerprint density at radius 1 is 1.12 bits per heavy atom. The molecule has 0 radical (unpaired) electrons. The fourth-order valence-corrected chi connectivity index (χ4v) is 4.15. The molecule has 0 saturated carbocycles. The topological polar surface area (TPSA) is 87.0 Å². The maximum Gasteiger partial charge on any atom is 0.408 e. The highest BCUT2D eigenvalue weighted by Crippen LogP contribution is 2.50. The van der Waals surface area contributed by atoms with Crippen molar-refractivity contribution in [2.75, 3.05) is 19.4 Å². The van der Waals surface area contributed by atoms with Gasteiger partial charge in [-0.15, -0.1) is 0 Å². The van der Waals surface area contributed by atoms with Gasteiger partial charge in [-0.2, -0.15) is 0 Å². The molecule has 0 aliphatic rings. The number of hydrogen-bond acceptors (Lipinski definition) is 6. The third-order valence-corrected chi connectivity index (χ3v) is 5.56. The van der Waals surface area contributed by atoms with Gasteiger partial charge >= 0.3 is 13.7 Å². The van der Waals surface area contributed by atoms with Crippen molar-refractivity contribution in [1.29, 1.82) is 0 Å². The molecule has 1 amide bonds. The van der Waals surface area contributed by atoms with Crippen LogP contribution in [0.3, 0.4) is 0 Å². The van der Waals surface area contributed by atoms with Crippen LogP contribution in [0.25, 0.3) is 0 Å². The maximum atomic E-state index is 12.8. The first-order chi connectivity index (χ1) is 12.6. The number of rotatable bonds is 10. The normalized spacial score (nSPS) is 12.5. The molecule has 0 bridgehead atoms. The van der Waals surface area contributed by atoms with Gasteiger partial charge in [0.05, 0.1) is 25.6 Å². The van der Waals surface area contributed by atoms with Crippen LogP contribution in [0.15, 0.2) is 53.1 Å². The minimum absolute atomic E-state index is 0.0529. The van der Waals surface area contributed by atoms with E-state index >= 15 is 0 Å². The fraction of sp³-hybridized carbons (Fsp3) is 0.389. The van der Waals surface area contributed by atoms with Crippen LogP contribution >= 0.6 is 7.60 Å². The highest BCUT2D eigenvalue weighted by Gasteiger charge is 2.32. The molecule has 26 heavy (non-hydrogen) atoms. The molecule has 1 aromatic heterocycles. The Bertz CT molecular complexity index is 694. The molecule has 0 fully saturated rings. The van der Waals surface area contributed by atoms with Crippen molar-refractivity contribution in [2.24, 2.45) is 0 Å². The highest BCUT2D eigenvalue weighted by molar-refractivity contribution is 7.53. The Labute approximate surface area is 153 Å². The lowest BCUT2D eigenvalue weighted by molar-refractivity contribution is 0.134. The summed E-state index contributed by atoms with van der Waals surface area (Å²) in [5.41, 5.74) is 0.867. The second-order valence-corrected chi connectivity index (χ2v) is 7.51. The van der Waals surface area contributed by atoms with E-state index in [0.29, 0.717) is 5.76 Å². The van der Waals surface area contributed by atoms with Gasteiger partial charge < -0.3 is 23.5 Å². The number of alkyl carbamates (subject to hydrolysis) is 1. The predicted molar refractivity (Wildman–Crippen MR) is 96.9 cm³/mol. The monoisotopic (exact) mass is 381 g/mol. The van der Waals surface area contributed by atoms with Crippen LogP contribution in [0.2, 0.25) is 0 Å². The molecule has 0 aliphatic carbocycles. The van der Waals surface area contributed by atoms with Crippen molar-refractivity contribution >= 4 is 13.7 Å². The molecule has 0 aliphatic heterocycles. The van der Waals surface area contributed by atoms with Gasteiger partial charge in [-0.3, -0.25) is 4.57 Å². The van der Waals surface area contributed by atoms with Crippen LogP contribution in [-0.2, 0) is 25.0 Å². The summed E-state index contributed by atoms with van der Waals surface area (Å²) in [5.74, 6) is 0.446. The number of carbonyl (C=O) groups excluding carboxylic acids is 1. The molecule has 1 aromatic carbocycles. The zero-order chi connectivity index (χ0) is 18.8. The van der Waals surface area contributed by atoms with Gasteiger partial charge in [-0.05, 0) is 31.5 Å². The van der Waals surface area contributed by atoms with Crippen LogP contribution in [0.5, 0.6) is 0 Å². The van der Waals surface area contributed by atoms with Crippen LogP contribution < -0.4 is 5.32 Å². The standard InChI is InChI=1S/C18H24NO6P/c1-3-24-26(21,25-4-2)14-16(17-11-8-12-22-17)19-18(20)23-13-15-9-6-5-7-10-15/h5-12,16H,3-4,13-14H2,1-2H3,(H,19,20)/t16-/m1/s1. The molecule has 2 rings (SSSR count). The molecule has 142 valence electrons. The zero-order valence-corrected chi connectivity index (χ0v) is 15.8. The molecule has 2 aromatic rings. The minimum Gasteiger partial charge on any atom is -0.467 e. The smallest absolute Gasteiger partial charge is 0.408 e. The van der Waals surface area contributed by atoms with E-state index in [9.17, 15) is 9.36 Å². The van der Waals surface area contributed by atoms with E-state index in [0.717, 1.165) is 5.56 Å². The van der Waals surface area contributed by atoms with E-state index < -0.39 is 19.7 Å². The lowest BCUT2D eigenvalue weighted by atomic mass is 10.2. The summed E-state index contributed by atoms with van der Waals surface area (Å²) in [6.07, 6.45) is 0.781. The average molecular weight is 381 g/mol. The second-order valence-electron chi connectivity index (χ2n) is 5.40. The number of benzene rings is 1. The molecule has 0 spiro atoms. The van der Waals surface area contributed by atoms with Crippen molar-refractivity contribution in [1.82, 2.24) is 5.32 Å². The number of amides is 1. The summed E-state index contributed by atoms with van der Waals surface area (Å²) < 4.78 is 34.0. The van der Waals surface area contributed by atoms with Crippen LogP contribution in [-0.4, -0.2) is 25.5 Å². The Morgan fingerprint density at radius 3 is 2.38 bits per heavy atom. The van der Waals surface area contributed by atoms with Gasteiger partial charge in [0.15, 0.2) is 0 Å². The van der Waals surface area contributed by atoms with Crippen LogP contribution in [0, 0.1) is 0 Å². The molecule has 7 nitrogen and oxygen atoms in total. The second kappa shape index (κ2) is 10.2. The van der Waals surface area contributed by atoms with Gasteiger partial charge in [0.2, 0.25) is 0 Å². The van der Waals surface area contributed by atoms with E-state index in [-0.39, 0.29) is 26.0 Å². The van der Waals surface area contributed by atoms with E-state index in [1.807, 2.05) is 30.3 Å². The fourth-order valence-electron chi connectivity index (χ4n) is 2.36. The largest absolute Gasteiger partial charge is 0.467 e.